The number of carbonyl (C=O) groups is 4. The molecule has 1 heterocycles. The van der Waals surface area contributed by atoms with Gasteiger partial charge in [-0.3, -0.25) is 24.1 Å². The van der Waals surface area contributed by atoms with Crippen molar-refractivity contribution in [2.75, 3.05) is 20.6 Å². The van der Waals surface area contributed by atoms with E-state index in [2.05, 4.69) is 22.5 Å². The SMILES string of the molecule is CCCN(C(=O)C(NC(=O)C(C(C)CC)N(C)C)C(C)CC)C(CC(O)c1nc(C(=O)NC2Cc3ccccc3C(C(=O)O)C2)cs1)C(C)C. The average Bonchev–Trinajstić information content (AvgIpc) is 3.58. The van der Waals surface area contributed by atoms with Gasteiger partial charge in [0.25, 0.3) is 5.91 Å². The highest BCUT2D eigenvalue weighted by molar-refractivity contribution is 7.09. The first-order chi connectivity index (χ1) is 23.6. The molecule has 0 saturated heterocycles. The van der Waals surface area contributed by atoms with Gasteiger partial charge in [0.2, 0.25) is 11.8 Å². The van der Waals surface area contributed by atoms with Crippen molar-refractivity contribution in [1.82, 2.24) is 25.4 Å². The highest BCUT2D eigenvalue weighted by Gasteiger charge is 2.38. The van der Waals surface area contributed by atoms with Crippen LogP contribution in [0.2, 0.25) is 0 Å². The quantitative estimate of drug-likeness (QED) is 0.164. The molecule has 3 rings (SSSR count). The summed E-state index contributed by atoms with van der Waals surface area (Å²) < 4.78 is 0. The van der Waals surface area contributed by atoms with Crippen molar-refractivity contribution >= 4 is 35.0 Å². The second-order valence-electron chi connectivity index (χ2n) is 14.5. The van der Waals surface area contributed by atoms with Gasteiger partial charge in [-0.1, -0.05) is 85.6 Å². The van der Waals surface area contributed by atoms with Gasteiger partial charge >= 0.3 is 5.97 Å². The number of aliphatic hydroxyl groups excluding tert-OH is 1. The maximum Gasteiger partial charge on any atom is 0.311 e. The van der Waals surface area contributed by atoms with Crippen molar-refractivity contribution in [2.45, 2.75) is 123 Å². The van der Waals surface area contributed by atoms with Crippen molar-refractivity contribution in [3.63, 3.8) is 0 Å². The number of fused-ring (bicyclic) bond motifs is 1. The number of carboxylic acids is 1. The number of nitrogens with zero attached hydrogens (tertiary/aromatic N) is 3. The predicted octanol–water partition coefficient (Wildman–Crippen LogP) is 5.25. The molecule has 1 aromatic carbocycles. The lowest BCUT2D eigenvalue weighted by Crippen LogP contribution is -2.59. The number of nitrogens with one attached hydrogen (secondary N) is 2. The minimum absolute atomic E-state index is 0.0119. The standard InChI is InChI=1S/C38H59N5O6S/c1-10-17-43(37(47)32(23(6)11-2)41-35(46)33(42(8)9)24(7)12-3)30(22(4)5)20-31(44)36-40-29(21-50-36)34(45)39-26-18-25-15-13-14-16-27(25)28(19-26)38(48)49/h13-16,21-24,26,28,30-33,44H,10-12,17-20H2,1-9H3,(H,39,45)(H,41,46)(H,48,49). The van der Waals surface area contributed by atoms with E-state index in [4.69, 9.17) is 0 Å². The first-order valence-corrected chi connectivity index (χ1v) is 19.0. The lowest BCUT2D eigenvalue weighted by molar-refractivity contribution is -0.143. The number of aromatic nitrogens is 1. The fraction of sp³-hybridized carbons (Fsp3) is 0.658. The molecule has 8 atom stereocenters. The Kier molecular flexibility index (Phi) is 15.4. The summed E-state index contributed by atoms with van der Waals surface area (Å²) in [4.78, 5) is 61.5. The average molecular weight is 714 g/mol. The summed E-state index contributed by atoms with van der Waals surface area (Å²) in [5, 5.41) is 29.3. The Labute approximate surface area is 302 Å². The number of likely N-dealkylation sites (N-methyl/N-ethyl adjacent to an activating group) is 1. The van der Waals surface area contributed by atoms with Gasteiger partial charge in [0.05, 0.1) is 12.0 Å². The summed E-state index contributed by atoms with van der Waals surface area (Å²) in [6, 6.07) is 5.61. The molecular formula is C38H59N5O6S. The molecule has 12 heteroatoms. The van der Waals surface area contributed by atoms with Crippen LogP contribution in [-0.4, -0.2) is 93.5 Å². The van der Waals surface area contributed by atoms with Gasteiger partial charge in [0.1, 0.15) is 22.8 Å². The molecule has 1 aliphatic carbocycles. The molecule has 0 spiro atoms. The fourth-order valence-electron chi connectivity index (χ4n) is 7.06. The van der Waals surface area contributed by atoms with Gasteiger partial charge < -0.3 is 25.7 Å². The molecule has 3 amide bonds. The van der Waals surface area contributed by atoms with Crippen LogP contribution in [0.15, 0.2) is 29.6 Å². The lowest BCUT2D eigenvalue weighted by Gasteiger charge is -2.39. The van der Waals surface area contributed by atoms with Gasteiger partial charge in [-0.05, 0) is 62.2 Å². The number of rotatable bonds is 18. The van der Waals surface area contributed by atoms with E-state index in [1.807, 2.05) is 89.7 Å². The Hall–Kier alpha value is -3.35. The highest BCUT2D eigenvalue weighted by atomic mass is 32.1. The molecule has 0 aliphatic heterocycles. The molecule has 278 valence electrons. The van der Waals surface area contributed by atoms with E-state index in [-0.39, 0.29) is 66.2 Å². The van der Waals surface area contributed by atoms with E-state index in [9.17, 15) is 29.4 Å². The fourth-order valence-corrected chi connectivity index (χ4v) is 7.86. The third kappa shape index (κ3) is 10.1. The molecule has 0 bridgehead atoms. The van der Waals surface area contributed by atoms with Crippen LogP contribution in [-0.2, 0) is 20.8 Å². The number of aliphatic hydroxyl groups is 1. The highest BCUT2D eigenvalue weighted by Crippen LogP contribution is 2.33. The van der Waals surface area contributed by atoms with E-state index in [1.54, 1.807) is 5.38 Å². The first kappa shape index (κ1) is 41.1. The van der Waals surface area contributed by atoms with Gasteiger partial charge in [0.15, 0.2) is 0 Å². The Bertz CT molecular complexity index is 1450. The summed E-state index contributed by atoms with van der Waals surface area (Å²) in [5.74, 6) is -2.38. The number of hydrogen-bond donors (Lipinski definition) is 4. The summed E-state index contributed by atoms with van der Waals surface area (Å²) >= 11 is 1.18. The minimum Gasteiger partial charge on any atom is -0.481 e. The number of amides is 3. The van der Waals surface area contributed by atoms with Crippen LogP contribution in [0.5, 0.6) is 0 Å². The number of hydrogen-bond acceptors (Lipinski definition) is 8. The zero-order valence-electron chi connectivity index (χ0n) is 31.3. The number of carboxylic acid groups (broad SMARTS) is 1. The van der Waals surface area contributed by atoms with Crippen molar-refractivity contribution in [3.8, 4) is 0 Å². The van der Waals surface area contributed by atoms with Crippen LogP contribution in [0.4, 0.5) is 0 Å². The van der Waals surface area contributed by atoms with Crippen LogP contribution in [0.1, 0.15) is 119 Å². The zero-order chi connectivity index (χ0) is 37.3. The van der Waals surface area contributed by atoms with E-state index >= 15 is 0 Å². The third-order valence-corrected chi connectivity index (χ3v) is 11.2. The monoisotopic (exact) mass is 713 g/mol. The molecule has 4 N–H and O–H groups in total. The normalized spacial score (nSPS) is 19.5. The Morgan fingerprint density at radius 1 is 1.02 bits per heavy atom. The Morgan fingerprint density at radius 2 is 1.68 bits per heavy atom. The second kappa shape index (κ2) is 18.8. The maximum atomic E-state index is 14.4. The van der Waals surface area contributed by atoms with Gasteiger partial charge in [-0.2, -0.15) is 0 Å². The predicted molar refractivity (Wildman–Crippen MR) is 197 cm³/mol. The maximum absolute atomic E-state index is 14.4. The molecule has 2 aromatic rings. The lowest BCUT2D eigenvalue weighted by atomic mass is 9.80. The van der Waals surface area contributed by atoms with Gasteiger partial charge in [-0.25, -0.2) is 4.98 Å². The van der Waals surface area contributed by atoms with Crippen LogP contribution in [0, 0.1) is 17.8 Å². The molecule has 0 radical (unpaired) electrons. The summed E-state index contributed by atoms with van der Waals surface area (Å²) in [6.45, 7) is 14.6. The van der Waals surface area contributed by atoms with Crippen LogP contribution >= 0.6 is 11.3 Å². The summed E-state index contributed by atoms with van der Waals surface area (Å²) in [5.41, 5.74) is 1.84. The molecule has 50 heavy (non-hydrogen) atoms. The molecule has 1 aromatic heterocycles. The van der Waals surface area contributed by atoms with Crippen LogP contribution in [0.25, 0.3) is 0 Å². The van der Waals surface area contributed by atoms with Gasteiger partial charge in [-0.15, -0.1) is 11.3 Å². The van der Waals surface area contributed by atoms with E-state index < -0.39 is 29.9 Å². The van der Waals surface area contributed by atoms with Crippen molar-refractivity contribution < 1.29 is 29.4 Å². The zero-order valence-corrected chi connectivity index (χ0v) is 32.1. The largest absolute Gasteiger partial charge is 0.481 e. The minimum atomic E-state index is -1.03. The smallest absolute Gasteiger partial charge is 0.311 e. The van der Waals surface area contributed by atoms with Crippen LogP contribution in [0.3, 0.4) is 0 Å². The number of benzene rings is 1. The molecule has 1 aliphatic rings. The molecule has 0 fully saturated rings. The molecule has 8 unspecified atom stereocenters. The first-order valence-electron chi connectivity index (χ1n) is 18.2. The summed E-state index contributed by atoms with van der Waals surface area (Å²) in [7, 11) is 3.76. The van der Waals surface area contributed by atoms with E-state index in [1.165, 1.54) is 11.3 Å². The Balaban J connectivity index is 1.78. The number of thiazole rings is 1. The van der Waals surface area contributed by atoms with E-state index in [0.29, 0.717) is 30.8 Å². The number of aliphatic carboxylic acids is 1. The molecule has 11 nitrogen and oxygen atoms in total. The van der Waals surface area contributed by atoms with Crippen molar-refractivity contribution in [1.29, 1.82) is 0 Å². The second-order valence-corrected chi connectivity index (χ2v) is 15.4. The molecule has 0 saturated carbocycles. The Morgan fingerprint density at radius 3 is 2.26 bits per heavy atom. The number of carbonyl (C=O) groups excluding carboxylic acids is 3. The third-order valence-electron chi connectivity index (χ3n) is 10.3. The summed E-state index contributed by atoms with van der Waals surface area (Å²) in [6.07, 6.45) is 2.22. The van der Waals surface area contributed by atoms with E-state index in [0.717, 1.165) is 17.5 Å². The van der Waals surface area contributed by atoms with Crippen LogP contribution < -0.4 is 10.6 Å². The molecular weight excluding hydrogens is 655 g/mol. The van der Waals surface area contributed by atoms with Crippen molar-refractivity contribution in [3.05, 3.63) is 51.5 Å². The topological polar surface area (TPSA) is 152 Å². The van der Waals surface area contributed by atoms with Gasteiger partial charge in [0, 0.05) is 30.4 Å². The van der Waals surface area contributed by atoms with Crippen molar-refractivity contribution in [2.24, 2.45) is 17.8 Å².